The molecule has 0 saturated carbocycles. The summed E-state index contributed by atoms with van der Waals surface area (Å²) in [6, 6.07) is 10.1. The predicted octanol–water partition coefficient (Wildman–Crippen LogP) is 3.37. The molecule has 1 aromatic heterocycles. The molecular weight excluding hydrogens is 224 g/mol. The molecule has 1 aromatic carbocycles. The third kappa shape index (κ3) is 2.62. The molecule has 2 N–H and O–H groups in total. The Labute approximate surface area is 107 Å². The quantitative estimate of drug-likeness (QED) is 0.662. The van der Waals surface area contributed by atoms with Crippen molar-refractivity contribution in [2.45, 2.75) is 26.8 Å². The summed E-state index contributed by atoms with van der Waals surface area (Å²) < 4.78 is 5.45. The SMILES string of the molecule is Cc1ccoc1-c1ccc(C(N)=NC(C)C)cc1. The molecule has 3 nitrogen and oxygen atoms in total. The number of hydrogen-bond donors (Lipinski definition) is 1. The maximum atomic E-state index is 5.92. The Morgan fingerprint density at radius 1 is 1.17 bits per heavy atom. The Hall–Kier alpha value is -2.03. The van der Waals surface area contributed by atoms with E-state index in [9.17, 15) is 0 Å². The minimum Gasteiger partial charge on any atom is -0.464 e. The second-order valence-corrected chi connectivity index (χ2v) is 4.62. The van der Waals surface area contributed by atoms with Crippen molar-refractivity contribution in [3.8, 4) is 11.3 Å². The second-order valence-electron chi connectivity index (χ2n) is 4.62. The van der Waals surface area contributed by atoms with Gasteiger partial charge >= 0.3 is 0 Å². The van der Waals surface area contributed by atoms with Crippen LogP contribution in [0.15, 0.2) is 46.0 Å². The Morgan fingerprint density at radius 3 is 2.33 bits per heavy atom. The largest absolute Gasteiger partial charge is 0.464 e. The molecule has 1 heterocycles. The van der Waals surface area contributed by atoms with E-state index < -0.39 is 0 Å². The summed E-state index contributed by atoms with van der Waals surface area (Å²) in [6.45, 7) is 6.04. The fourth-order valence-electron chi connectivity index (χ4n) is 1.81. The lowest BCUT2D eigenvalue weighted by atomic mass is 10.1. The maximum Gasteiger partial charge on any atom is 0.136 e. The average Bonchev–Trinajstić information content (AvgIpc) is 2.75. The molecule has 0 fully saturated rings. The van der Waals surface area contributed by atoms with Crippen LogP contribution in [-0.4, -0.2) is 11.9 Å². The molecule has 18 heavy (non-hydrogen) atoms. The zero-order valence-corrected chi connectivity index (χ0v) is 11.0. The number of nitrogens with two attached hydrogens (primary N) is 1. The Bertz CT molecular complexity index is 550. The van der Waals surface area contributed by atoms with Gasteiger partial charge in [0, 0.05) is 17.2 Å². The normalized spacial score (nSPS) is 12.1. The van der Waals surface area contributed by atoms with Gasteiger partial charge in [-0.3, -0.25) is 4.99 Å². The van der Waals surface area contributed by atoms with Gasteiger partial charge in [0.15, 0.2) is 0 Å². The second kappa shape index (κ2) is 5.08. The first-order valence-electron chi connectivity index (χ1n) is 6.06. The van der Waals surface area contributed by atoms with Gasteiger partial charge < -0.3 is 10.2 Å². The van der Waals surface area contributed by atoms with Gasteiger partial charge in [0.25, 0.3) is 0 Å². The van der Waals surface area contributed by atoms with Crippen LogP contribution in [0.4, 0.5) is 0 Å². The number of aryl methyl sites for hydroxylation is 1. The first-order chi connectivity index (χ1) is 8.58. The van der Waals surface area contributed by atoms with E-state index in [0.29, 0.717) is 5.84 Å². The molecule has 0 amide bonds. The number of nitrogens with zero attached hydrogens (tertiary/aromatic N) is 1. The van der Waals surface area contributed by atoms with Gasteiger partial charge in [-0.05, 0) is 32.4 Å². The molecule has 2 rings (SSSR count). The van der Waals surface area contributed by atoms with Crippen molar-refractivity contribution in [1.82, 2.24) is 0 Å². The molecular formula is C15H18N2O. The van der Waals surface area contributed by atoms with Crippen LogP contribution in [0.2, 0.25) is 0 Å². The van der Waals surface area contributed by atoms with Crippen molar-refractivity contribution >= 4 is 5.84 Å². The summed E-state index contributed by atoms with van der Waals surface area (Å²) in [5.41, 5.74) is 9.05. The molecule has 2 aromatic rings. The number of rotatable bonds is 3. The van der Waals surface area contributed by atoms with Crippen LogP contribution in [0.25, 0.3) is 11.3 Å². The van der Waals surface area contributed by atoms with Crippen LogP contribution in [-0.2, 0) is 0 Å². The molecule has 0 radical (unpaired) electrons. The monoisotopic (exact) mass is 242 g/mol. The van der Waals surface area contributed by atoms with E-state index in [1.165, 1.54) is 0 Å². The topological polar surface area (TPSA) is 51.5 Å². The maximum absolute atomic E-state index is 5.92. The van der Waals surface area contributed by atoms with Gasteiger partial charge in [-0.2, -0.15) is 0 Å². The molecule has 0 saturated heterocycles. The summed E-state index contributed by atoms with van der Waals surface area (Å²) >= 11 is 0. The summed E-state index contributed by atoms with van der Waals surface area (Å²) in [5.74, 6) is 1.48. The van der Waals surface area contributed by atoms with Gasteiger partial charge in [-0.15, -0.1) is 0 Å². The highest BCUT2D eigenvalue weighted by Gasteiger charge is 2.06. The van der Waals surface area contributed by atoms with E-state index >= 15 is 0 Å². The number of hydrogen-bond acceptors (Lipinski definition) is 2. The number of aliphatic imine (C=N–C) groups is 1. The van der Waals surface area contributed by atoms with Crippen molar-refractivity contribution in [3.63, 3.8) is 0 Å². The molecule has 0 unspecified atom stereocenters. The van der Waals surface area contributed by atoms with Gasteiger partial charge in [0.1, 0.15) is 11.6 Å². The van der Waals surface area contributed by atoms with E-state index in [1.807, 2.05) is 51.1 Å². The highest BCUT2D eigenvalue weighted by atomic mass is 16.3. The molecule has 0 spiro atoms. The summed E-state index contributed by atoms with van der Waals surface area (Å²) in [4.78, 5) is 4.33. The van der Waals surface area contributed by atoms with Crippen LogP contribution in [0.1, 0.15) is 25.0 Å². The van der Waals surface area contributed by atoms with Gasteiger partial charge in [-0.1, -0.05) is 24.3 Å². The third-order valence-corrected chi connectivity index (χ3v) is 2.70. The predicted molar refractivity (Wildman–Crippen MR) is 74.7 cm³/mol. The van der Waals surface area contributed by atoms with E-state index in [2.05, 4.69) is 4.99 Å². The summed E-state index contributed by atoms with van der Waals surface area (Å²) in [6.07, 6.45) is 1.70. The van der Waals surface area contributed by atoms with Crippen LogP contribution in [0.5, 0.6) is 0 Å². The lowest BCUT2D eigenvalue weighted by Crippen LogP contribution is -2.15. The molecule has 0 bridgehead atoms. The number of amidine groups is 1. The summed E-state index contributed by atoms with van der Waals surface area (Å²) in [7, 11) is 0. The molecule has 94 valence electrons. The average molecular weight is 242 g/mol. The van der Waals surface area contributed by atoms with Gasteiger partial charge in [-0.25, -0.2) is 0 Å². The highest BCUT2D eigenvalue weighted by Crippen LogP contribution is 2.24. The fraction of sp³-hybridized carbons (Fsp3) is 0.267. The van der Waals surface area contributed by atoms with Crippen LogP contribution < -0.4 is 5.73 Å². The fourth-order valence-corrected chi connectivity index (χ4v) is 1.81. The molecule has 0 atom stereocenters. The Balaban J connectivity index is 2.29. The number of furan rings is 1. The first-order valence-corrected chi connectivity index (χ1v) is 6.06. The summed E-state index contributed by atoms with van der Waals surface area (Å²) in [5, 5.41) is 0. The Kier molecular flexibility index (Phi) is 3.51. The lowest BCUT2D eigenvalue weighted by Gasteiger charge is -2.05. The zero-order chi connectivity index (χ0) is 13.1. The van der Waals surface area contributed by atoms with Crippen molar-refractivity contribution < 1.29 is 4.42 Å². The van der Waals surface area contributed by atoms with E-state index in [4.69, 9.17) is 10.2 Å². The van der Waals surface area contributed by atoms with Crippen LogP contribution in [0.3, 0.4) is 0 Å². The van der Waals surface area contributed by atoms with E-state index in [-0.39, 0.29) is 6.04 Å². The Morgan fingerprint density at radius 2 is 1.83 bits per heavy atom. The highest BCUT2D eigenvalue weighted by molar-refractivity contribution is 5.97. The van der Waals surface area contributed by atoms with E-state index in [1.54, 1.807) is 6.26 Å². The number of benzene rings is 1. The van der Waals surface area contributed by atoms with Crippen molar-refractivity contribution in [2.75, 3.05) is 0 Å². The smallest absolute Gasteiger partial charge is 0.136 e. The van der Waals surface area contributed by atoms with Crippen molar-refractivity contribution in [1.29, 1.82) is 0 Å². The van der Waals surface area contributed by atoms with Crippen molar-refractivity contribution in [3.05, 3.63) is 47.7 Å². The van der Waals surface area contributed by atoms with Crippen molar-refractivity contribution in [2.24, 2.45) is 10.7 Å². The zero-order valence-electron chi connectivity index (χ0n) is 11.0. The molecule has 3 heteroatoms. The molecule has 0 aliphatic rings. The van der Waals surface area contributed by atoms with Gasteiger partial charge in [0.2, 0.25) is 0 Å². The third-order valence-electron chi connectivity index (χ3n) is 2.70. The minimum atomic E-state index is 0.206. The van der Waals surface area contributed by atoms with Crippen LogP contribution >= 0.6 is 0 Å². The lowest BCUT2D eigenvalue weighted by molar-refractivity contribution is 0.581. The molecule has 0 aliphatic heterocycles. The van der Waals surface area contributed by atoms with E-state index in [0.717, 1.165) is 22.5 Å². The minimum absolute atomic E-state index is 0.206. The van der Waals surface area contributed by atoms with Crippen LogP contribution in [0, 0.1) is 6.92 Å². The van der Waals surface area contributed by atoms with Gasteiger partial charge in [0.05, 0.1) is 6.26 Å². The standard InChI is InChI=1S/C15H18N2O/c1-10(2)17-15(16)13-6-4-12(5-7-13)14-11(3)8-9-18-14/h4-10H,1-3H3,(H2,16,17). The molecule has 0 aliphatic carbocycles. The first kappa shape index (κ1) is 12.4.